The molecule has 0 unspecified atom stereocenters. The lowest BCUT2D eigenvalue weighted by Crippen LogP contribution is -2.55. The van der Waals surface area contributed by atoms with Gasteiger partial charge in [0.1, 0.15) is 0 Å². The highest BCUT2D eigenvalue weighted by atomic mass is 16.5. The molecule has 1 aromatic rings. The van der Waals surface area contributed by atoms with Crippen molar-refractivity contribution >= 4 is 5.91 Å². The maximum absolute atomic E-state index is 12.5. The molecule has 0 aromatic heterocycles. The first-order valence-corrected chi connectivity index (χ1v) is 7.57. The van der Waals surface area contributed by atoms with Crippen LogP contribution in [0.3, 0.4) is 0 Å². The molecule has 0 spiro atoms. The Kier molecular flexibility index (Phi) is 5.29. The zero-order valence-corrected chi connectivity index (χ0v) is 13.8. The molecule has 1 amide bonds. The number of morpholine rings is 1. The summed E-state index contributed by atoms with van der Waals surface area (Å²) < 4.78 is 16.0. The van der Waals surface area contributed by atoms with Gasteiger partial charge in [-0.1, -0.05) is 6.07 Å². The molecule has 5 nitrogen and oxygen atoms in total. The summed E-state index contributed by atoms with van der Waals surface area (Å²) in [6, 6.07) is 5.77. The standard InChI is InChI=1S/C17H25NO4/c1-17(2)12-22-10-9-18(17)16(19)8-6-13-5-7-14(20-3)15(11-13)21-4/h5,7,11H,6,8-10,12H2,1-4H3. The number of hydrogen-bond donors (Lipinski definition) is 0. The molecule has 1 aliphatic rings. The van der Waals surface area contributed by atoms with Crippen LogP contribution in [0.2, 0.25) is 0 Å². The predicted octanol–water partition coefficient (Wildman–Crippen LogP) is 2.27. The number of amides is 1. The highest BCUT2D eigenvalue weighted by Gasteiger charge is 2.33. The molecule has 0 N–H and O–H groups in total. The van der Waals surface area contributed by atoms with Crippen molar-refractivity contribution in [1.82, 2.24) is 4.90 Å². The number of methoxy groups -OCH3 is 2. The number of aryl methyl sites for hydroxylation is 1. The van der Waals surface area contributed by atoms with E-state index in [2.05, 4.69) is 0 Å². The van der Waals surface area contributed by atoms with Gasteiger partial charge in [-0.05, 0) is 38.0 Å². The van der Waals surface area contributed by atoms with E-state index in [4.69, 9.17) is 14.2 Å². The van der Waals surface area contributed by atoms with E-state index < -0.39 is 0 Å². The van der Waals surface area contributed by atoms with Crippen LogP contribution in [0, 0.1) is 0 Å². The summed E-state index contributed by atoms with van der Waals surface area (Å²) in [5.41, 5.74) is 0.837. The van der Waals surface area contributed by atoms with Crippen molar-refractivity contribution in [2.45, 2.75) is 32.2 Å². The van der Waals surface area contributed by atoms with Crippen molar-refractivity contribution in [1.29, 1.82) is 0 Å². The number of ether oxygens (including phenoxy) is 3. The normalized spacial score (nSPS) is 17.2. The van der Waals surface area contributed by atoms with E-state index in [1.54, 1.807) is 14.2 Å². The third-order valence-corrected chi connectivity index (χ3v) is 4.02. The molecule has 1 aliphatic heterocycles. The first-order valence-electron chi connectivity index (χ1n) is 7.57. The zero-order valence-electron chi connectivity index (χ0n) is 13.8. The second-order valence-corrected chi connectivity index (χ2v) is 6.10. The van der Waals surface area contributed by atoms with Crippen molar-refractivity contribution in [2.75, 3.05) is 34.0 Å². The molecule has 1 fully saturated rings. The summed E-state index contributed by atoms with van der Waals surface area (Å²) in [5, 5.41) is 0. The number of carbonyl (C=O) groups is 1. The fourth-order valence-electron chi connectivity index (χ4n) is 2.74. The molecular formula is C17H25NO4. The van der Waals surface area contributed by atoms with Crippen LogP contribution in [0.15, 0.2) is 18.2 Å². The Morgan fingerprint density at radius 3 is 2.64 bits per heavy atom. The van der Waals surface area contributed by atoms with Crippen LogP contribution in [0.4, 0.5) is 0 Å². The van der Waals surface area contributed by atoms with E-state index in [1.165, 1.54) is 0 Å². The van der Waals surface area contributed by atoms with Crippen molar-refractivity contribution in [3.8, 4) is 11.5 Å². The zero-order chi connectivity index (χ0) is 16.2. The van der Waals surface area contributed by atoms with E-state index in [1.807, 2.05) is 36.9 Å². The monoisotopic (exact) mass is 307 g/mol. The molecule has 0 atom stereocenters. The number of carbonyl (C=O) groups excluding carboxylic acids is 1. The van der Waals surface area contributed by atoms with E-state index in [-0.39, 0.29) is 11.4 Å². The van der Waals surface area contributed by atoms with Gasteiger partial charge in [0.25, 0.3) is 0 Å². The Balaban J connectivity index is 1.99. The quantitative estimate of drug-likeness (QED) is 0.837. The Morgan fingerprint density at radius 2 is 2.00 bits per heavy atom. The second-order valence-electron chi connectivity index (χ2n) is 6.10. The summed E-state index contributed by atoms with van der Waals surface area (Å²) in [4.78, 5) is 14.4. The molecule has 22 heavy (non-hydrogen) atoms. The number of nitrogens with zero attached hydrogens (tertiary/aromatic N) is 1. The molecular weight excluding hydrogens is 282 g/mol. The maximum Gasteiger partial charge on any atom is 0.223 e. The molecule has 122 valence electrons. The lowest BCUT2D eigenvalue weighted by Gasteiger charge is -2.42. The Bertz CT molecular complexity index is 527. The van der Waals surface area contributed by atoms with Gasteiger partial charge in [0, 0.05) is 13.0 Å². The van der Waals surface area contributed by atoms with Crippen LogP contribution < -0.4 is 9.47 Å². The van der Waals surface area contributed by atoms with Gasteiger partial charge in [0.05, 0.1) is 33.0 Å². The van der Waals surface area contributed by atoms with E-state index in [0.717, 1.165) is 5.56 Å². The average molecular weight is 307 g/mol. The summed E-state index contributed by atoms with van der Waals surface area (Å²) in [6.45, 7) is 5.96. The molecule has 1 saturated heterocycles. The fraction of sp³-hybridized carbons (Fsp3) is 0.588. The van der Waals surface area contributed by atoms with E-state index in [9.17, 15) is 4.79 Å². The Hall–Kier alpha value is -1.75. The van der Waals surface area contributed by atoms with Crippen LogP contribution in [-0.4, -0.2) is 50.3 Å². The minimum Gasteiger partial charge on any atom is -0.493 e. The summed E-state index contributed by atoms with van der Waals surface area (Å²) in [6.07, 6.45) is 1.17. The van der Waals surface area contributed by atoms with Crippen LogP contribution in [0.5, 0.6) is 11.5 Å². The van der Waals surface area contributed by atoms with Crippen LogP contribution in [-0.2, 0) is 16.0 Å². The molecule has 5 heteroatoms. The van der Waals surface area contributed by atoms with Crippen molar-refractivity contribution < 1.29 is 19.0 Å². The lowest BCUT2D eigenvalue weighted by molar-refractivity contribution is -0.146. The van der Waals surface area contributed by atoms with Crippen molar-refractivity contribution in [3.63, 3.8) is 0 Å². The van der Waals surface area contributed by atoms with Gasteiger partial charge in [0.15, 0.2) is 11.5 Å². The highest BCUT2D eigenvalue weighted by Crippen LogP contribution is 2.28. The van der Waals surface area contributed by atoms with Gasteiger partial charge in [-0.3, -0.25) is 4.79 Å². The van der Waals surface area contributed by atoms with Gasteiger partial charge < -0.3 is 19.1 Å². The second kappa shape index (κ2) is 7.01. The number of hydrogen-bond acceptors (Lipinski definition) is 4. The van der Waals surface area contributed by atoms with Gasteiger partial charge in [-0.25, -0.2) is 0 Å². The lowest BCUT2D eigenvalue weighted by atomic mass is 10.0. The van der Waals surface area contributed by atoms with Crippen molar-refractivity contribution in [3.05, 3.63) is 23.8 Å². The maximum atomic E-state index is 12.5. The smallest absolute Gasteiger partial charge is 0.223 e. The molecule has 0 bridgehead atoms. The third kappa shape index (κ3) is 3.71. The SMILES string of the molecule is COc1ccc(CCC(=O)N2CCOCC2(C)C)cc1OC. The van der Waals surface area contributed by atoms with Crippen LogP contribution in [0.25, 0.3) is 0 Å². The Labute approximate surface area is 132 Å². The van der Waals surface area contributed by atoms with Crippen LogP contribution >= 0.6 is 0 Å². The van der Waals surface area contributed by atoms with Gasteiger partial charge in [-0.15, -0.1) is 0 Å². The average Bonchev–Trinajstić information content (AvgIpc) is 2.51. The molecule has 0 radical (unpaired) electrons. The largest absolute Gasteiger partial charge is 0.493 e. The van der Waals surface area contributed by atoms with Crippen molar-refractivity contribution in [2.24, 2.45) is 0 Å². The van der Waals surface area contributed by atoms with Crippen LogP contribution in [0.1, 0.15) is 25.8 Å². The molecule has 1 aromatic carbocycles. The minimum absolute atomic E-state index is 0.170. The van der Waals surface area contributed by atoms with Gasteiger partial charge in [0.2, 0.25) is 5.91 Å². The highest BCUT2D eigenvalue weighted by molar-refractivity contribution is 5.77. The molecule has 0 aliphatic carbocycles. The topological polar surface area (TPSA) is 48.0 Å². The predicted molar refractivity (Wildman–Crippen MR) is 84.5 cm³/mol. The molecule has 1 heterocycles. The minimum atomic E-state index is -0.229. The molecule has 2 rings (SSSR count). The fourth-order valence-corrected chi connectivity index (χ4v) is 2.74. The number of benzene rings is 1. The Morgan fingerprint density at radius 1 is 1.27 bits per heavy atom. The van der Waals surface area contributed by atoms with Gasteiger partial charge >= 0.3 is 0 Å². The van der Waals surface area contributed by atoms with Gasteiger partial charge in [-0.2, -0.15) is 0 Å². The van der Waals surface area contributed by atoms with E-state index in [0.29, 0.717) is 44.1 Å². The summed E-state index contributed by atoms with van der Waals surface area (Å²) in [7, 11) is 3.23. The summed E-state index contributed by atoms with van der Waals surface area (Å²) >= 11 is 0. The van der Waals surface area contributed by atoms with E-state index >= 15 is 0 Å². The first-order chi connectivity index (χ1) is 10.5. The third-order valence-electron chi connectivity index (χ3n) is 4.02. The number of rotatable bonds is 5. The molecule has 0 saturated carbocycles. The first kappa shape index (κ1) is 16.6. The summed E-state index contributed by atoms with van der Waals surface area (Å²) in [5.74, 6) is 1.56.